The molecule has 1 aromatic heterocycles. The first-order chi connectivity index (χ1) is 12.7. The molecule has 1 atom stereocenters. The average molecular weight is 384 g/mol. The van der Waals surface area contributed by atoms with Gasteiger partial charge in [-0.25, -0.2) is 9.88 Å². The minimum absolute atomic E-state index is 0.168. The van der Waals surface area contributed by atoms with Crippen molar-refractivity contribution < 1.29 is 14.3 Å². The number of nitrogens with zero attached hydrogens (tertiary/aromatic N) is 2. The lowest BCUT2D eigenvalue weighted by molar-refractivity contribution is -0.121. The highest BCUT2D eigenvalue weighted by atomic mass is 32.2. The number of amides is 2. The second-order valence-corrected chi connectivity index (χ2v) is 8.24. The van der Waals surface area contributed by atoms with Crippen LogP contribution in [-0.2, 0) is 9.59 Å². The molecule has 1 aliphatic rings. The second kappa shape index (κ2) is 7.09. The molecule has 2 amide bonds. The van der Waals surface area contributed by atoms with Crippen LogP contribution in [0.1, 0.15) is 13.3 Å². The van der Waals surface area contributed by atoms with Crippen LogP contribution < -0.4 is 9.64 Å². The SMILES string of the molecule is CCOc1ccc2nc(S[C@H]3CC(=O)N(c4ccccc4)C3=O)sc2c1. The van der Waals surface area contributed by atoms with Gasteiger partial charge in [0.1, 0.15) is 11.0 Å². The standard InChI is InChI=1S/C19H16N2O3S2/c1-2-24-13-8-9-14-15(10-13)25-19(20-14)26-16-11-17(22)21(18(16)23)12-6-4-3-5-7-12/h3-10,16H,2,11H2,1H3/t16-/m0/s1. The normalized spacial score (nSPS) is 17.3. The van der Waals surface area contributed by atoms with Crippen LogP contribution in [0.5, 0.6) is 5.75 Å². The van der Waals surface area contributed by atoms with Crippen LogP contribution >= 0.6 is 23.1 Å². The molecule has 1 saturated heterocycles. The minimum atomic E-state index is -0.436. The Kier molecular flexibility index (Phi) is 4.65. The lowest BCUT2D eigenvalue weighted by Gasteiger charge is -2.14. The zero-order chi connectivity index (χ0) is 18.1. The number of rotatable bonds is 5. The molecule has 3 aromatic rings. The zero-order valence-electron chi connectivity index (χ0n) is 14.0. The number of imide groups is 1. The van der Waals surface area contributed by atoms with Gasteiger partial charge in [0.15, 0.2) is 4.34 Å². The van der Waals surface area contributed by atoms with E-state index in [0.29, 0.717) is 12.3 Å². The third-order valence-corrected chi connectivity index (χ3v) is 6.31. The molecule has 5 nitrogen and oxygen atoms in total. The van der Waals surface area contributed by atoms with E-state index in [-0.39, 0.29) is 18.2 Å². The Hall–Kier alpha value is -2.38. The predicted molar refractivity (Wildman–Crippen MR) is 104 cm³/mol. The number of fused-ring (bicyclic) bond motifs is 1. The zero-order valence-corrected chi connectivity index (χ0v) is 15.7. The number of aromatic nitrogens is 1. The second-order valence-electron chi connectivity index (χ2n) is 5.76. The lowest BCUT2D eigenvalue weighted by atomic mass is 10.3. The van der Waals surface area contributed by atoms with E-state index in [2.05, 4.69) is 4.98 Å². The quantitative estimate of drug-likeness (QED) is 0.619. The molecule has 0 unspecified atom stereocenters. The summed E-state index contributed by atoms with van der Waals surface area (Å²) in [4.78, 5) is 30.9. The summed E-state index contributed by atoms with van der Waals surface area (Å²) >= 11 is 2.88. The predicted octanol–water partition coefficient (Wildman–Crippen LogP) is 4.12. The van der Waals surface area contributed by atoms with Gasteiger partial charge in [-0.3, -0.25) is 9.59 Å². The van der Waals surface area contributed by atoms with E-state index in [1.165, 1.54) is 28.0 Å². The van der Waals surface area contributed by atoms with Gasteiger partial charge in [0.05, 0.1) is 22.5 Å². The number of thiazole rings is 1. The summed E-state index contributed by atoms with van der Waals surface area (Å²) in [6, 6.07) is 14.8. The maximum absolute atomic E-state index is 12.7. The number of benzene rings is 2. The Balaban J connectivity index is 1.55. The Bertz CT molecular complexity index is 971. The van der Waals surface area contributed by atoms with Crippen LogP contribution in [0.4, 0.5) is 5.69 Å². The van der Waals surface area contributed by atoms with Crippen LogP contribution in [0.15, 0.2) is 52.9 Å². The number of ether oxygens (including phenoxy) is 1. The number of thioether (sulfide) groups is 1. The average Bonchev–Trinajstić information content (AvgIpc) is 3.16. The van der Waals surface area contributed by atoms with Crippen molar-refractivity contribution in [3.63, 3.8) is 0 Å². The summed E-state index contributed by atoms with van der Waals surface area (Å²) in [7, 11) is 0. The van der Waals surface area contributed by atoms with E-state index in [1.54, 1.807) is 12.1 Å². The number of anilines is 1. The minimum Gasteiger partial charge on any atom is -0.494 e. The van der Waals surface area contributed by atoms with Crippen molar-refractivity contribution in [1.82, 2.24) is 4.98 Å². The van der Waals surface area contributed by atoms with Gasteiger partial charge in [0.25, 0.3) is 0 Å². The molecule has 4 rings (SSSR count). The summed E-state index contributed by atoms with van der Waals surface area (Å²) in [5.74, 6) is 0.460. The molecule has 2 aromatic carbocycles. The third kappa shape index (κ3) is 3.20. The van der Waals surface area contributed by atoms with Crippen molar-refractivity contribution in [3.8, 4) is 5.75 Å². The van der Waals surface area contributed by atoms with Crippen LogP contribution in [0, 0.1) is 0 Å². The fourth-order valence-electron chi connectivity index (χ4n) is 2.86. The van der Waals surface area contributed by atoms with Crippen molar-refractivity contribution in [1.29, 1.82) is 0 Å². The lowest BCUT2D eigenvalue weighted by Crippen LogP contribution is -2.30. The molecule has 1 fully saturated rings. The maximum Gasteiger partial charge on any atom is 0.247 e. The Labute approximate surface area is 159 Å². The number of para-hydroxylation sites is 1. The van der Waals surface area contributed by atoms with Crippen molar-refractivity contribution in [3.05, 3.63) is 48.5 Å². The summed E-state index contributed by atoms with van der Waals surface area (Å²) in [5, 5.41) is -0.436. The topological polar surface area (TPSA) is 59.5 Å². The third-order valence-electron chi connectivity index (χ3n) is 4.01. The largest absolute Gasteiger partial charge is 0.494 e. The molecule has 7 heteroatoms. The van der Waals surface area contributed by atoms with Crippen LogP contribution in [0.25, 0.3) is 10.2 Å². The number of carbonyl (C=O) groups excluding carboxylic acids is 2. The van der Waals surface area contributed by atoms with Crippen LogP contribution in [0.2, 0.25) is 0 Å². The van der Waals surface area contributed by atoms with Gasteiger partial charge in [-0.05, 0) is 37.3 Å². The summed E-state index contributed by atoms with van der Waals surface area (Å²) in [6.45, 7) is 2.55. The Morgan fingerprint density at radius 3 is 2.81 bits per heavy atom. The first-order valence-corrected chi connectivity index (χ1v) is 9.97. The van der Waals surface area contributed by atoms with Crippen molar-refractivity contribution in [2.24, 2.45) is 0 Å². The van der Waals surface area contributed by atoms with Gasteiger partial charge in [-0.2, -0.15) is 0 Å². The summed E-state index contributed by atoms with van der Waals surface area (Å²) in [6.07, 6.45) is 0.193. The van der Waals surface area contributed by atoms with Gasteiger partial charge >= 0.3 is 0 Å². The van der Waals surface area contributed by atoms with E-state index in [0.717, 1.165) is 20.3 Å². The molecule has 132 valence electrons. The molecular formula is C19H16N2O3S2. The van der Waals surface area contributed by atoms with E-state index in [9.17, 15) is 9.59 Å². The van der Waals surface area contributed by atoms with Gasteiger partial charge in [-0.1, -0.05) is 30.0 Å². The van der Waals surface area contributed by atoms with E-state index < -0.39 is 5.25 Å². The van der Waals surface area contributed by atoms with Crippen molar-refractivity contribution in [2.45, 2.75) is 22.9 Å². The number of carbonyl (C=O) groups is 2. The molecular weight excluding hydrogens is 368 g/mol. The highest BCUT2D eigenvalue weighted by Gasteiger charge is 2.40. The smallest absolute Gasteiger partial charge is 0.247 e. The Morgan fingerprint density at radius 2 is 2.04 bits per heavy atom. The van der Waals surface area contributed by atoms with Crippen molar-refractivity contribution >= 4 is 50.8 Å². The van der Waals surface area contributed by atoms with Crippen LogP contribution in [0.3, 0.4) is 0 Å². The van der Waals surface area contributed by atoms with Crippen molar-refractivity contribution in [2.75, 3.05) is 11.5 Å². The van der Waals surface area contributed by atoms with E-state index >= 15 is 0 Å². The molecule has 0 saturated carbocycles. The Morgan fingerprint density at radius 1 is 1.23 bits per heavy atom. The number of hydrogen-bond acceptors (Lipinski definition) is 6. The van der Waals surface area contributed by atoms with E-state index in [4.69, 9.17) is 4.74 Å². The molecule has 1 aliphatic heterocycles. The molecule has 0 radical (unpaired) electrons. The summed E-state index contributed by atoms with van der Waals surface area (Å²) < 4.78 is 7.31. The van der Waals surface area contributed by atoms with Gasteiger partial charge in [0.2, 0.25) is 11.8 Å². The highest BCUT2D eigenvalue weighted by molar-refractivity contribution is 8.02. The number of hydrogen-bond donors (Lipinski definition) is 0. The fraction of sp³-hybridized carbons (Fsp3) is 0.211. The monoisotopic (exact) mass is 384 g/mol. The fourth-order valence-corrected chi connectivity index (χ4v) is 5.22. The summed E-state index contributed by atoms with van der Waals surface area (Å²) in [5.41, 5.74) is 1.49. The van der Waals surface area contributed by atoms with Gasteiger partial charge in [0, 0.05) is 6.42 Å². The van der Waals surface area contributed by atoms with Gasteiger partial charge in [-0.15, -0.1) is 11.3 Å². The molecule has 0 spiro atoms. The van der Waals surface area contributed by atoms with Gasteiger partial charge < -0.3 is 4.74 Å². The molecule has 2 heterocycles. The molecule has 0 bridgehead atoms. The first-order valence-electron chi connectivity index (χ1n) is 8.27. The van der Waals surface area contributed by atoms with Crippen LogP contribution in [-0.4, -0.2) is 28.7 Å². The molecule has 0 aliphatic carbocycles. The van der Waals surface area contributed by atoms with E-state index in [1.807, 2.05) is 43.3 Å². The molecule has 0 N–H and O–H groups in total. The maximum atomic E-state index is 12.7. The first kappa shape index (κ1) is 17.1. The highest BCUT2D eigenvalue weighted by Crippen LogP contribution is 2.38. The molecule has 26 heavy (non-hydrogen) atoms.